The van der Waals surface area contributed by atoms with E-state index in [0.717, 1.165) is 38.5 Å². The van der Waals surface area contributed by atoms with Crippen molar-refractivity contribution in [1.82, 2.24) is 5.32 Å². The Morgan fingerprint density at radius 2 is 1.52 bits per heavy atom. The number of carbonyl (C=O) groups excluding carboxylic acids is 2. The van der Waals surface area contributed by atoms with Crippen LogP contribution in [0.5, 0.6) is 0 Å². The summed E-state index contributed by atoms with van der Waals surface area (Å²) >= 11 is 0. The van der Waals surface area contributed by atoms with Crippen LogP contribution in [0.25, 0.3) is 0 Å². The molecule has 0 amide bonds. The molecule has 6 heteroatoms. The topological polar surface area (TPSA) is 84.9 Å². The molecule has 0 aromatic carbocycles. The molecule has 2 unspecified atom stereocenters. The van der Waals surface area contributed by atoms with Gasteiger partial charge in [0.15, 0.2) is 0 Å². The Morgan fingerprint density at radius 3 is 2.11 bits per heavy atom. The molecule has 160 valence electrons. The molecule has 0 spiro atoms. The monoisotopic (exact) mass is 387 g/mol. The number of aliphatic hydroxyl groups is 1. The van der Waals surface area contributed by atoms with Crippen LogP contribution in [0.1, 0.15) is 85.5 Å². The van der Waals surface area contributed by atoms with Gasteiger partial charge in [-0.3, -0.25) is 9.59 Å². The van der Waals surface area contributed by atoms with Crippen molar-refractivity contribution in [1.29, 1.82) is 0 Å². The third-order valence-electron chi connectivity index (χ3n) is 4.92. The van der Waals surface area contributed by atoms with E-state index in [2.05, 4.69) is 19.2 Å². The minimum Gasteiger partial charge on any atom is -0.466 e. The van der Waals surface area contributed by atoms with Gasteiger partial charge in [-0.05, 0) is 45.6 Å². The maximum absolute atomic E-state index is 12.1. The van der Waals surface area contributed by atoms with Crippen molar-refractivity contribution in [3.05, 3.63) is 0 Å². The summed E-state index contributed by atoms with van der Waals surface area (Å²) in [6.45, 7) is 9.20. The van der Waals surface area contributed by atoms with E-state index < -0.39 is 0 Å². The van der Waals surface area contributed by atoms with Crippen LogP contribution in [0.15, 0.2) is 0 Å². The van der Waals surface area contributed by atoms with Crippen LogP contribution in [0.2, 0.25) is 0 Å². The van der Waals surface area contributed by atoms with Gasteiger partial charge < -0.3 is 19.9 Å². The summed E-state index contributed by atoms with van der Waals surface area (Å²) in [6.07, 6.45) is 7.03. The molecular weight excluding hydrogens is 346 g/mol. The summed E-state index contributed by atoms with van der Waals surface area (Å²) in [5.74, 6) is -0.0483. The Hall–Kier alpha value is -1.14. The first-order valence-electron chi connectivity index (χ1n) is 10.7. The van der Waals surface area contributed by atoms with Crippen LogP contribution in [0, 0.1) is 5.92 Å². The van der Waals surface area contributed by atoms with Crippen LogP contribution in [-0.4, -0.2) is 48.9 Å². The Morgan fingerprint density at radius 1 is 0.889 bits per heavy atom. The second kappa shape index (κ2) is 17.0. The van der Waals surface area contributed by atoms with Crippen LogP contribution in [0.3, 0.4) is 0 Å². The largest absolute Gasteiger partial charge is 0.466 e. The number of unbranched alkanes of at least 4 members (excludes halogenated alkanes) is 3. The first kappa shape index (κ1) is 25.9. The molecule has 0 fully saturated rings. The summed E-state index contributed by atoms with van der Waals surface area (Å²) in [7, 11) is 0. The number of rotatable bonds is 17. The fourth-order valence-electron chi connectivity index (χ4n) is 3.22. The molecule has 0 bridgehead atoms. The van der Waals surface area contributed by atoms with E-state index in [1.165, 1.54) is 0 Å². The summed E-state index contributed by atoms with van der Waals surface area (Å²) in [5.41, 5.74) is 0. The number of nitrogens with one attached hydrogen (secondary N) is 1. The number of carbonyl (C=O) groups is 2. The first-order chi connectivity index (χ1) is 13.0. The van der Waals surface area contributed by atoms with Gasteiger partial charge in [0, 0.05) is 6.42 Å². The number of hydrogen-bond donors (Lipinski definition) is 2. The summed E-state index contributed by atoms with van der Waals surface area (Å²) in [5, 5.41) is 13.5. The van der Waals surface area contributed by atoms with E-state index in [1.807, 2.05) is 6.92 Å². The minimum atomic E-state index is -0.335. The summed E-state index contributed by atoms with van der Waals surface area (Å²) < 4.78 is 10.1. The van der Waals surface area contributed by atoms with Crippen molar-refractivity contribution in [3.8, 4) is 0 Å². The molecule has 27 heavy (non-hydrogen) atoms. The van der Waals surface area contributed by atoms with Crippen molar-refractivity contribution in [3.63, 3.8) is 0 Å². The highest BCUT2D eigenvalue weighted by atomic mass is 16.5. The zero-order valence-corrected chi connectivity index (χ0v) is 17.8. The first-order valence-corrected chi connectivity index (χ1v) is 10.7. The summed E-state index contributed by atoms with van der Waals surface area (Å²) in [4.78, 5) is 23.4. The molecule has 0 aromatic heterocycles. The standard InChI is InChI=1S/C21H41NO5/c1-5-17(6-2)19(23)15-16-22-18(21(25)27-8-4)13-11-9-10-12-14-20(24)26-7-3/h17-19,22-23H,5-16H2,1-4H3. The highest BCUT2D eigenvalue weighted by Crippen LogP contribution is 2.15. The maximum Gasteiger partial charge on any atom is 0.323 e. The normalized spacial score (nSPS) is 13.4. The average Bonchev–Trinajstić information content (AvgIpc) is 2.64. The van der Waals surface area contributed by atoms with Gasteiger partial charge in [0.1, 0.15) is 6.04 Å². The number of esters is 2. The third-order valence-corrected chi connectivity index (χ3v) is 4.92. The SMILES string of the molecule is CCOC(=O)CCCCCCC(NCCC(O)C(CC)CC)C(=O)OCC. The molecular formula is C21H41NO5. The van der Waals surface area contributed by atoms with Crippen LogP contribution in [-0.2, 0) is 19.1 Å². The van der Waals surface area contributed by atoms with Crippen molar-refractivity contribution >= 4 is 11.9 Å². The lowest BCUT2D eigenvalue weighted by atomic mass is 9.94. The molecule has 0 saturated heterocycles. The van der Waals surface area contributed by atoms with E-state index in [1.54, 1.807) is 6.92 Å². The molecule has 0 heterocycles. The van der Waals surface area contributed by atoms with Gasteiger partial charge in [0.05, 0.1) is 19.3 Å². The van der Waals surface area contributed by atoms with Gasteiger partial charge >= 0.3 is 11.9 Å². The smallest absolute Gasteiger partial charge is 0.323 e. The van der Waals surface area contributed by atoms with E-state index in [4.69, 9.17) is 9.47 Å². The second-order valence-electron chi connectivity index (χ2n) is 6.95. The molecule has 2 N–H and O–H groups in total. The van der Waals surface area contributed by atoms with Crippen molar-refractivity contribution < 1.29 is 24.2 Å². The van der Waals surface area contributed by atoms with Gasteiger partial charge in [-0.25, -0.2) is 0 Å². The highest BCUT2D eigenvalue weighted by Gasteiger charge is 2.20. The Labute approximate surface area is 165 Å². The lowest BCUT2D eigenvalue weighted by molar-refractivity contribution is -0.146. The molecule has 0 saturated carbocycles. The molecule has 0 aliphatic carbocycles. The fourth-order valence-corrected chi connectivity index (χ4v) is 3.22. The quantitative estimate of drug-likeness (QED) is 0.293. The predicted octanol–water partition coefficient (Wildman–Crippen LogP) is 3.60. The molecule has 2 atom stereocenters. The molecule has 0 aliphatic rings. The van der Waals surface area contributed by atoms with E-state index in [-0.39, 0.29) is 24.1 Å². The van der Waals surface area contributed by atoms with E-state index >= 15 is 0 Å². The maximum atomic E-state index is 12.1. The molecule has 0 rings (SSSR count). The predicted molar refractivity (Wildman–Crippen MR) is 107 cm³/mol. The molecule has 6 nitrogen and oxygen atoms in total. The lowest BCUT2D eigenvalue weighted by Gasteiger charge is -2.22. The van der Waals surface area contributed by atoms with Gasteiger partial charge in [-0.15, -0.1) is 0 Å². The number of ether oxygens (including phenoxy) is 2. The number of hydrogen-bond acceptors (Lipinski definition) is 6. The van der Waals surface area contributed by atoms with Gasteiger partial charge in [-0.2, -0.15) is 0 Å². The third kappa shape index (κ3) is 12.8. The summed E-state index contributed by atoms with van der Waals surface area (Å²) in [6, 6.07) is -0.330. The average molecular weight is 388 g/mol. The zero-order chi connectivity index (χ0) is 20.5. The molecule has 0 aromatic rings. The van der Waals surface area contributed by atoms with Crippen LogP contribution in [0.4, 0.5) is 0 Å². The lowest BCUT2D eigenvalue weighted by Crippen LogP contribution is -2.40. The second-order valence-corrected chi connectivity index (χ2v) is 6.95. The van der Waals surface area contributed by atoms with Crippen LogP contribution < -0.4 is 5.32 Å². The van der Waals surface area contributed by atoms with Gasteiger partial charge in [0.25, 0.3) is 0 Å². The fraction of sp³-hybridized carbons (Fsp3) is 0.905. The number of aliphatic hydroxyl groups excluding tert-OH is 1. The van der Waals surface area contributed by atoms with Crippen LogP contribution >= 0.6 is 0 Å². The van der Waals surface area contributed by atoms with Crippen molar-refractivity contribution in [2.24, 2.45) is 5.92 Å². The Balaban J connectivity index is 4.14. The highest BCUT2D eigenvalue weighted by molar-refractivity contribution is 5.75. The van der Waals surface area contributed by atoms with Gasteiger partial charge in [-0.1, -0.05) is 46.0 Å². The van der Waals surface area contributed by atoms with Crippen molar-refractivity contribution in [2.45, 2.75) is 97.6 Å². The van der Waals surface area contributed by atoms with Crippen molar-refractivity contribution in [2.75, 3.05) is 19.8 Å². The van der Waals surface area contributed by atoms with Gasteiger partial charge in [0.2, 0.25) is 0 Å². The molecule has 0 radical (unpaired) electrons. The van der Waals surface area contributed by atoms with E-state index in [0.29, 0.717) is 44.9 Å². The zero-order valence-electron chi connectivity index (χ0n) is 17.8. The molecule has 0 aliphatic heterocycles. The Kier molecular flexibility index (Phi) is 16.3. The van der Waals surface area contributed by atoms with E-state index in [9.17, 15) is 14.7 Å². The Bertz CT molecular complexity index is 385. The minimum absolute atomic E-state index is 0.139.